The minimum absolute atomic E-state index is 0.00291. The first-order valence-electron chi connectivity index (χ1n) is 13.6. The number of hydrogen-bond donors (Lipinski definition) is 0. The highest BCUT2D eigenvalue weighted by molar-refractivity contribution is 5.68. The first-order valence-corrected chi connectivity index (χ1v) is 13.6. The molecular weight excluding hydrogens is 458 g/mol. The summed E-state index contributed by atoms with van der Waals surface area (Å²) in [7, 11) is 0. The molecular formula is C31H37N5O. The van der Waals surface area contributed by atoms with Crippen LogP contribution in [0.15, 0.2) is 66.9 Å². The van der Waals surface area contributed by atoms with Crippen molar-refractivity contribution in [2.75, 3.05) is 26.3 Å². The van der Waals surface area contributed by atoms with Gasteiger partial charge in [-0.25, -0.2) is 4.68 Å². The molecule has 0 N–H and O–H groups in total. The number of fused-ring (bicyclic) bond motifs is 1. The van der Waals surface area contributed by atoms with E-state index in [-0.39, 0.29) is 6.04 Å². The van der Waals surface area contributed by atoms with Crippen molar-refractivity contribution in [3.05, 3.63) is 83.9 Å². The minimum atomic E-state index is -0.00291. The van der Waals surface area contributed by atoms with E-state index in [1.165, 1.54) is 40.9 Å². The molecule has 1 aliphatic carbocycles. The fourth-order valence-electron chi connectivity index (χ4n) is 5.84. The van der Waals surface area contributed by atoms with Crippen molar-refractivity contribution >= 4 is 11.4 Å². The van der Waals surface area contributed by atoms with Crippen LogP contribution in [0.25, 0.3) is 22.7 Å². The Labute approximate surface area is 219 Å². The number of nitrogens with zero attached hydrogens (tertiary/aromatic N) is 5. The van der Waals surface area contributed by atoms with E-state index in [0.29, 0.717) is 11.8 Å². The highest BCUT2D eigenvalue weighted by Crippen LogP contribution is 2.40. The Morgan fingerprint density at radius 2 is 1.84 bits per heavy atom. The Balaban J connectivity index is 1.38. The fraction of sp³-hybridized carbons (Fsp3) is 0.419. The lowest BCUT2D eigenvalue weighted by Gasteiger charge is -2.31. The van der Waals surface area contributed by atoms with Crippen molar-refractivity contribution in [1.29, 1.82) is 0 Å². The number of aromatic nitrogens is 4. The van der Waals surface area contributed by atoms with Gasteiger partial charge in [0.05, 0.1) is 36.3 Å². The van der Waals surface area contributed by atoms with Gasteiger partial charge in [-0.05, 0) is 68.9 Å². The van der Waals surface area contributed by atoms with Crippen LogP contribution in [0, 0.1) is 12.8 Å². The molecule has 3 aliphatic rings. The van der Waals surface area contributed by atoms with Crippen LogP contribution in [-0.2, 0) is 4.74 Å². The van der Waals surface area contributed by atoms with Gasteiger partial charge in [-0.3, -0.25) is 4.68 Å². The van der Waals surface area contributed by atoms with Crippen LogP contribution >= 0.6 is 0 Å². The first kappa shape index (κ1) is 24.0. The molecule has 3 unspecified atom stereocenters. The zero-order valence-electron chi connectivity index (χ0n) is 22.2. The molecule has 4 heterocycles. The molecule has 1 saturated carbocycles. The van der Waals surface area contributed by atoms with Crippen LogP contribution in [0.4, 0.5) is 0 Å². The zero-order chi connectivity index (χ0) is 25.5. The molecule has 6 rings (SSSR count). The number of ether oxygens (including phenoxy) is 1. The third-order valence-corrected chi connectivity index (χ3v) is 8.22. The normalized spacial score (nSPS) is 24.4. The average Bonchev–Trinajstić information content (AvgIpc) is 3.55. The number of hydrogen-bond acceptors (Lipinski definition) is 4. The first-order chi connectivity index (χ1) is 18.0. The summed E-state index contributed by atoms with van der Waals surface area (Å²) >= 11 is 0. The van der Waals surface area contributed by atoms with E-state index in [1.807, 2.05) is 0 Å². The standard InChI is InChI=1S/C31H37N5O/c1-21-6-5-7-25(16-21)28-10-11-35(32-28)27-18-24(4)30-20-29(26-9-8-22(2)23(3)17-26)33-36(30)31(19-27)34-12-14-37-15-13-34/h5-7,10-11,16,18-20,22,26-27H,3,8-9,12-15,17H2,1-2,4H3. The highest BCUT2D eigenvalue weighted by atomic mass is 16.5. The Morgan fingerprint density at radius 3 is 2.62 bits per heavy atom. The zero-order valence-corrected chi connectivity index (χ0v) is 22.2. The second-order valence-corrected chi connectivity index (χ2v) is 10.9. The summed E-state index contributed by atoms with van der Waals surface area (Å²) in [6.45, 7) is 14.2. The molecule has 192 valence electrons. The van der Waals surface area contributed by atoms with Crippen molar-refractivity contribution < 1.29 is 4.74 Å². The van der Waals surface area contributed by atoms with Gasteiger partial charge in [-0.1, -0.05) is 48.9 Å². The van der Waals surface area contributed by atoms with Crippen molar-refractivity contribution in [3.63, 3.8) is 0 Å². The summed E-state index contributed by atoms with van der Waals surface area (Å²) in [6.07, 6.45) is 10.1. The summed E-state index contributed by atoms with van der Waals surface area (Å²) in [5.41, 5.74) is 8.32. The summed E-state index contributed by atoms with van der Waals surface area (Å²) in [4.78, 5) is 2.41. The minimum Gasteiger partial charge on any atom is -0.378 e. The van der Waals surface area contributed by atoms with E-state index < -0.39 is 0 Å². The number of morpholine rings is 1. The highest BCUT2D eigenvalue weighted by Gasteiger charge is 2.29. The largest absolute Gasteiger partial charge is 0.378 e. The van der Waals surface area contributed by atoms with Gasteiger partial charge in [0.25, 0.3) is 0 Å². The molecule has 0 bridgehead atoms. The maximum absolute atomic E-state index is 5.69. The quantitative estimate of drug-likeness (QED) is 0.398. The van der Waals surface area contributed by atoms with Gasteiger partial charge in [0, 0.05) is 30.8 Å². The number of aryl methyl sites for hydroxylation is 1. The number of rotatable bonds is 4. The van der Waals surface area contributed by atoms with Gasteiger partial charge in [0.1, 0.15) is 5.82 Å². The van der Waals surface area contributed by atoms with Crippen molar-refractivity contribution in [3.8, 4) is 11.3 Å². The van der Waals surface area contributed by atoms with Gasteiger partial charge in [0.2, 0.25) is 0 Å². The van der Waals surface area contributed by atoms with Crippen LogP contribution in [0.2, 0.25) is 0 Å². The average molecular weight is 496 g/mol. The van der Waals surface area contributed by atoms with Gasteiger partial charge in [0.15, 0.2) is 0 Å². The molecule has 2 aromatic heterocycles. The monoisotopic (exact) mass is 495 g/mol. The molecule has 6 heteroatoms. The molecule has 6 nitrogen and oxygen atoms in total. The molecule has 1 saturated heterocycles. The second kappa shape index (κ2) is 9.82. The van der Waals surface area contributed by atoms with Gasteiger partial charge < -0.3 is 9.64 Å². The number of allylic oxidation sites excluding steroid dienone is 4. The summed E-state index contributed by atoms with van der Waals surface area (Å²) < 4.78 is 9.94. The Morgan fingerprint density at radius 1 is 1.00 bits per heavy atom. The summed E-state index contributed by atoms with van der Waals surface area (Å²) in [6, 6.07) is 12.9. The van der Waals surface area contributed by atoms with Crippen molar-refractivity contribution in [2.45, 2.75) is 52.0 Å². The third-order valence-electron chi connectivity index (χ3n) is 8.22. The van der Waals surface area contributed by atoms with Crippen LogP contribution in [0.1, 0.15) is 62.0 Å². The molecule has 3 atom stereocenters. The van der Waals surface area contributed by atoms with Gasteiger partial charge in [-0.2, -0.15) is 10.2 Å². The lowest BCUT2D eigenvalue weighted by atomic mass is 9.78. The second-order valence-electron chi connectivity index (χ2n) is 10.9. The van der Waals surface area contributed by atoms with Gasteiger partial charge in [-0.15, -0.1) is 0 Å². The molecule has 0 radical (unpaired) electrons. The smallest absolute Gasteiger partial charge is 0.129 e. The van der Waals surface area contributed by atoms with Crippen molar-refractivity contribution in [2.24, 2.45) is 5.92 Å². The van der Waals surface area contributed by atoms with E-state index in [4.69, 9.17) is 14.9 Å². The third kappa shape index (κ3) is 4.71. The van der Waals surface area contributed by atoms with Crippen LogP contribution in [-0.4, -0.2) is 50.8 Å². The Hall–Kier alpha value is -3.38. The van der Waals surface area contributed by atoms with E-state index in [0.717, 1.165) is 49.8 Å². The van der Waals surface area contributed by atoms with Crippen molar-refractivity contribution in [1.82, 2.24) is 24.5 Å². The molecule has 3 aromatic rings. The molecule has 0 spiro atoms. The maximum atomic E-state index is 5.69. The van der Waals surface area contributed by atoms with Crippen LogP contribution < -0.4 is 0 Å². The molecule has 37 heavy (non-hydrogen) atoms. The van der Waals surface area contributed by atoms with E-state index in [2.05, 4.69) is 96.4 Å². The molecule has 1 aromatic carbocycles. The van der Waals surface area contributed by atoms with E-state index in [1.54, 1.807) is 0 Å². The lowest BCUT2D eigenvalue weighted by Crippen LogP contribution is -2.37. The Bertz CT molecular complexity index is 1370. The SMILES string of the molecule is C=C1CC(c2cc3n(n2)C(N2CCOCC2)=CC(n2ccc(-c4cccc(C)c4)n2)C=C3C)CCC1C. The predicted molar refractivity (Wildman–Crippen MR) is 149 cm³/mol. The fourth-order valence-corrected chi connectivity index (χ4v) is 5.84. The number of benzene rings is 1. The van der Waals surface area contributed by atoms with Gasteiger partial charge >= 0.3 is 0 Å². The Kier molecular flexibility index (Phi) is 6.37. The topological polar surface area (TPSA) is 48.1 Å². The van der Waals surface area contributed by atoms with Crippen LogP contribution in [0.3, 0.4) is 0 Å². The maximum Gasteiger partial charge on any atom is 0.129 e. The van der Waals surface area contributed by atoms with E-state index >= 15 is 0 Å². The van der Waals surface area contributed by atoms with Crippen LogP contribution in [0.5, 0.6) is 0 Å². The molecule has 2 aliphatic heterocycles. The summed E-state index contributed by atoms with van der Waals surface area (Å²) in [5, 5.41) is 10.2. The molecule has 2 fully saturated rings. The van der Waals surface area contributed by atoms with E-state index in [9.17, 15) is 0 Å². The molecule has 0 amide bonds. The lowest BCUT2D eigenvalue weighted by molar-refractivity contribution is 0.0610. The predicted octanol–water partition coefficient (Wildman–Crippen LogP) is 6.30. The summed E-state index contributed by atoms with van der Waals surface area (Å²) in [5.74, 6) is 2.18.